The normalized spacial score (nSPS) is 11.7. The van der Waals surface area contributed by atoms with Gasteiger partial charge in [-0.15, -0.1) is 10.2 Å². The van der Waals surface area contributed by atoms with Crippen molar-refractivity contribution in [1.82, 2.24) is 25.5 Å². The standard InChI is InChI=1S/C10H19N5/c1-9(2)11-8-6-4-5-7-10-12-14-15(3)13-10/h4-5,9,11H,6-8H2,1-3H3/b5-4+. The van der Waals surface area contributed by atoms with Crippen molar-refractivity contribution < 1.29 is 0 Å². The van der Waals surface area contributed by atoms with Crippen molar-refractivity contribution in [3.8, 4) is 0 Å². The Balaban J connectivity index is 2.12. The number of nitrogens with one attached hydrogen (secondary N) is 1. The maximum absolute atomic E-state index is 4.08. The average Bonchev–Trinajstić information content (AvgIpc) is 2.57. The van der Waals surface area contributed by atoms with E-state index >= 15 is 0 Å². The molecule has 1 aromatic rings. The number of aryl methyl sites for hydroxylation is 1. The third-order valence-electron chi connectivity index (χ3n) is 1.88. The van der Waals surface area contributed by atoms with E-state index in [0.717, 1.165) is 25.2 Å². The van der Waals surface area contributed by atoms with Gasteiger partial charge in [0.2, 0.25) is 0 Å². The van der Waals surface area contributed by atoms with Gasteiger partial charge in [0.1, 0.15) is 0 Å². The fraction of sp³-hybridized carbons (Fsp3) is 0.700. The van der Waals surface area contributed by atoms with E-state index in [4.69, 9.17) is 0 Å². The first-order valence-electron chi connectivity index (χ1n) is 5.29. The van der Waals surface area contributed by atoms with E-state index in [9.17, 15) is 0 Å². The van der Waals surface area contributed by atoms with Gasteiger partial charge in [0.25, 0.3) is 0 Å². The van der Waals surface area contributed by atoms with Gasteiger partial charge in [-0.1, -0.05) is 26.0 Å². The van der Waals surface area contributed by atoms with Crippen LogP contribution in [0.2, 0.25) is 0 Å². The highest BCUT2D eigenvalue weighted by Gasteiger charge is 1.95. The second kappa shape index (κ2) is 6.29. The van der Waals surface area contributed by atoms with E-state index < -0.39 is 0 Å². The van der Waals surface area contributed by atoms with Crippen LogP contribution in [0.4, 0.5) is 0 Å². The van der Waals surface area contributed by atoms with Crippen LogP contribution in [0.25, 0.3) is 0 Å². The van der Waals surface area contributed by atoms with Crippen LogP contribution in [0, 0.1) is 0 Å². The summed E-state index contributed by atoms with van der Waals surface area (Å²) in [5, 5.41) is 15.1. The Kier molecular flexibility index (Phi) is 4.97. The summed E-state index contributed by atoms with van der Waals surface area (Å²) in [6.07, 6.45) is 6.03. The van der Waals surface area contributed by atoms with Gasteiger partial charge in [0, 0.05) is 12.5 Å². The van der Waals surface area contributed by atoms with Crippen molar-refractivity contribution >= 4 is 0 Å². The first-order valence-corrected chi connectivity index (χ1v) is 5.29. The highest BCUT2D eigenvalue weighted by Crippen LogP contribution is 1.91. The summed E-state index contributed by atoms with van der Waals surface area (Å²) in [6, 6.07) is 0.556. The SMILES string of the molecule is CC(C)NCC/C=C/Cc1nnn(C)n1. The molecule has 5 heteroatoms. The number of aromatic nitrogens is 4. The molecule has 0 unspecified atom stereocenters. The van der Waals surface area contributed by atoms with Crippen LogP contribution >= 0.6 is 0 Å². The predicted molar refractivity (Wildman–Crippen MR) is 59.4 cm³/mol. The molecule has 0 aromatic carbocycles. The summed E-state index contributed by atoms with van der Waals surface area (Å²) in [6.45, 7) is 5.31. The van der Waals surface area contributed by atoms with Crippen LogP contribution in [-0.4, -0.2) is 32.8 Å². The highest BCUT2D eigenvalue weighted by molar-refractivity contribution is 4.92. The lowest BCUT2D eigenvalue weighted by atomic mass is 10.3. The van der Waals surface area contributed by atoms with Gasteiger partial charge in [-0.2, -0.15) is 4.80 Å². The summed E-state index contributed by atoms with van der Waals surface area (Å²) in [5.74, 6) is 0.769. The molecule has 0 bridgehead atoms. The second-order valence-corrected chi connectivity index (χ2v) is 3.77. The van der Waals surface area contributed by atoms with Crippen LogP contribution in [0.15, 0.2) is 12.2 Å². The Morgan fingerprint density at radius 2 is 2.20 bits per heavy atom. The van der Waals surface area contributed by atoms with Crippen molar-refractivity contribution in [3.05, 3.63) is 18.0 Å². The van der Waals surface area contributed by atoms with Crippen LogP contribution in [0.1, 0.15) is 26.1 Å². The molecule has 0 aliphatic heterocycles. The second-order valence-electron chi connectivity index (χ2n) is 3.77. The number of nitrogens with zero attached hydrogens (tertiary/aromatic N) is 4. The largest absolute Gasteiger partial charge is 0.314 e. The Labute approximate surface area is 90.6 Å². The third-order valence-corrected chi connectivity index (χ3v) is 1.88. The number of allylic oxidation sites excluding steroid dienone is 1. The zero-order valence-electron chi connectivity index (χ0n) is 9.64. The molecular formula is C10H19N5. The first kappa shape index (κ1) is 11.8. The smallest absolute Gasteiger partial charge is 0.178 e. The zero-order chi connectivity index (χ0) is 11.1. The molecular weight excluding hydrogens is 190 g/mol. The van der Waals surface area contributed by atoms with Crippen molar-refractivity contribution in [2.45, 2.75) is 32.7 Å². The molecule has 1 rings (SSSR count). The third kappa shape index (κ3) is 5.27. The summed E-state index contributed by atoms with van der Waals surface area (Å²) < 4.78 is 0. The number of rotatable bonds is 6. The molecule has 84 valence electrons. The summed E-state index contributed by atoms with van der Waals surface area (Å²) in [4.78, 5) is 1.48. The fourth-order valence-electron chi connectivity index (χ4n) is 1.17. The molecule has 1 aromatic heterocycles. The number of hydrogen-bond donors (Lipinski definition) is 1. The Hall–Kier alpha value is -1.23. The van der Waals surface area contributed by atoms with Crippen molar-refractivity contribution in [2.24, 2.45) is 7.05 Å². The summed E-state index contributed by atoms with van der Waals surface area (Å²) in [5.41, 5.74) is 0. The summed E-state index contributed by atoms with van der Waals surface area (Å²) in [7, 11) is 1.77. The van der Waals surface area contributed by atoms with Crippen LogP contribution < -0.4 is 5.32 Å². The van der Waals surface area contributed by atoms with Gasteiger partial charge in [-0.05, 0) is 18.2 Å². The van der Waals surface area contributed by atoms with E-state index in [2.05, 4.69) is 46.7 Å². The fourth-order valence-corrected chi connectivity index (χ4v) is 1.17. The Bertz CT molecular complexity index is 303. The van der Waals surface area contributed by atoms with Gasteiger partial charge in [0.05, 0.1) is 7.05 Å². The molecule has 15 heavy (non-hydrogen) atoms. The molecule has 0 saturated heterocycles. The minimum atomic E-state index is 0.556. The van der Waals surface area contributed by atoms with Crippen molar-refractivity contribution in [1.29, 1.82) is 0 Å². The van der Waals surface area contributed by atoms with Crippen molar-refractivity contribution in [2.75, 3.05) is 6.54 Å². The Morgan fingerprint density at radius 1 is 1.40 bits per heavy atom. The quantitative estimate of drug-likeness (QED) is 0.553. The monoisotopic (exact) mass is 209 g/mol. The molecule has 0 atom stereocenters. The molecule has 0 fully saturated rings. The lowest BCUT2D eigenvalue weighted by Gasteiger charge is -2.04. The Morgan fingerprint density at radius 3 is 2.80 bits per heavy atom. The molecule has 0 radical (unpaired) electrons. The van der Waals surface area contributed by atoms with E-state index in [1.54, 1.807) is 7.05 Å². The summed E-state index contributed by atoms with van der Waals surface area (Å²) >= 11 is 0. The van der Waals surface area contributed by atoms with Crippen molar-refractivity contribution in [3.63, 3.8) is 0 Å². The highest BCUT2D eigenvalue weighted by atomic mass is 15.6. The molecule has 0 aliphatic rings. The maximum Gasteiger partial charge on any atom is 0.178 e. The van der Waals surface area contributed by atoms with E-state index in [0.29, 0.717) is 6.04 Å². The maximum atomic E-state index is 4.08. The average molecular weight is 209 g/mol. The van der Waals surface area contributed by atoms with Gasteiger partial charge < -0.3 is 5.32 Å². The van der Waals surface area contributed by atoms with Gasteiger partial charge in [0.15, 0.2) is 5.82 Å². The molecule has 1 heterocycles. The van der Waals surface area contributed by atoms with Crippen LogP contribution in [0.3, 0.4) is 0 Å². The van der Waals surface area contributed by atoms with E-state index in [-0.39, 0.29) is 0 Å². The van der Waals surface area contributed by atoms with Gasteiger partial charge in [-0.25, -0.2) is 0 Å². The molecule has 0 amide bonds. The van der Waals surface area contributed by atoms with Crippen LogP contribution in [0.5, 0.6) is 0 Å². The van der Waals surface area contributed by atoms with Crippen LogP contribution in [-0.2, 0) is 13.5 Å². The molecule has 5 nitrogen and oxygen atoms in total. The van der Waals surface area contributed by atoms with Gasteiger partial charge >= 0.3 is 0 Å². The molecule has 0 aliphatic carbocycles. The molecule has 0 saturated carbocycles. The minimum absolute atomic E-state index is 0.556. The minimum Gasteiger partial charge on any atom is -0.314 e. The first-order chi connectivity index (χ1) is 7.18. The number of hydrogen-bond acceptors (Lipinski definition) is 4. The lowest BCUT2D eigenvalue weighted by molar-refractivity contribution is 0.594. The number of tetrazole rings is 1. The molecule has 0 spiro atoms. The topological polar surface area (TPSA) is 55.6 Å². The lowest BCUT2D eigenvalue weighted by Crippen LogP contribution is -2.23. The van der Waals surface area contributed by atoms with E-state index in [1.165, 1.54) is 4.80 Å². The van der Waals surface area contributed by atoms with E-state index in [1.807, 2.05) is 0 Å². The molecule has 1 N–H and O–H groups in total. The predicted octanol–water partition coefficient (Wildman–Crippen LogP) is 0.697. The zero-order valence-corrected chi connectivity index (χ0v) is 9.64. The van der Waals surface area contributed by atoms with Gasteiger partial charge in [-0.3, -0.25) is 0 Å².